The topological polar surface area (TPSA) is 80.3 Å². The van der Waals surface area contributed by atoms with Crippen LogP contribution in [0.3, 0.4) is 0 Å². The van der Waals surface area contributed by atoms with Gasteiger partial charge in [0.15, 0.2) is 16.9 Å². The van der Waals surface area contributed by atoms with Crippen LogP contribution in [-0.4, -0.2) is 47.5 Å². The molecule has 0 aliphatic heterocycles. The third kappa shape index (κ3) is 3.92. The van der Waals surface area contributed by atoms with Crippen molar-refractivity contribution >= 4 is 18.0 Å². The minimum Gasteiger partial charge on any atom is -0.493 e. The summed E-state index contributed by atoms with van der Waals surface area (Å²) in [6.07, 6.45) is 5.98. The van der Waals surface area contributed by atoms with Crippen molar-refractivity contribution in [2.24, 2.45) is 5.41 Å². The van der Waals surface area contributed by atoms with Gasteiger partial charge in [0.2, 0.25) is 5.75 Å². The van der Waals surface area contributed by atoms with Gasteiger partial charge in [0, 0.05) is 0 Å². The SMILES string of the molecule is COC(=O)C1(C(=O)OC)CC=C(/C=C/c2cc(OC)c(OC)c(OC)c2)C1. The number of esters is 2. The average molecular weight is 376 g/mol. The Hall–Kier alpha value is -2.96. The highest BCUT2D eigenvalue weighted by Crippen LogP contribution is 2.41. The molecule has 146 valence electrons. The fourth-order valence-corrected chi connectivity index (χ4v) is 3.11. The monoisotopic (exact) mass is 376 g/mol. The van der Waals surface area contributed by atoms with Gasteiger partial charge in [0.25, 0.3) is 0 Å². The molecule has 1 aromatic carbocycles. The van der Waals surface area contributed by atoms with Crippen molar-refractivity contribution in [1.82, 2.24) is 0 Å². The van der Waals surface area contributed by atoms with Gasteiger partial charge in [-0.15, -0.1) is 0 Å². The highest BCUT2D eigenvalue weighted by atomic mass is 16.5. The molecule has 0 radical (unpaired) electrons. The van der Waals surface area contributed by atoms with E-state index in [9.17, 15) is 9.59 Å². The van der Waals surface area contributed by atoms with Gasteiger partial charge in [-0.25, -0.2) is 0 Å². The third-order valence-corrected chi connectivity index (χ3v) is 4.55. The van der Waals surface area contributed by atoms with Crippen LogP contribution < -0.4 is 14.2 Å². The highest BCUT2D eigenvalue weighted by molar-refractivity contribution is 6.01. The number of methoxy groups -OCH3 is 5. The maximum atomic E-state index is 12.2. The number of carbonyl (C=O) groups is 2. The van der Waals surface area contributed by atoms with E-state index in [1.165, 1.54) is 14.2 Å². The number of carbonyl (C=O) groups excluding carboxylic acids is 2. The molecular formula is C20H24O7. The van der Waals surface area contributed by atoms with E-state index in [0.29, 0.717) is 17.2 Å². The maximum absolute atomic E-state index is 12.2. The Bertz CT molecular complexity index is 736. The Morgan fingerprint density at radius 1 is 0.889 bits per heavy atom. The minimum atomic E-state index is -1.32. The summed E-state index contributed by atoms with van der Waals surface area (Å²) in [6.45, 7) is 0. The highest BCUT2D eigenvalue weighted by Gasteiger charge is 2.50. The molecule has 7 nitrogen and oxygen atoms in total. The second-order valence-corrected chi connectivity index (χ2v) is 6.02. The van der Waals surface area contributed by atoms with Gasteiger partial charge in [-0.1, -0.05) is 23.8 Å². The van der Waals surface area contributed by atoms with Gasteiger partial charge in [0.1, 0.15) is 0 Å². The first-order valence-electron chi connectivity index (χ1n) is 8.29. The number of rotatable bonds is 7. The van der Waals surface area contributed by atoms with Gasteiger partial charge in [0.05, 0.1) is 35.5 Å². The Labute approximate surface area is 158 Å². The molecule has 2 rings (SSSR count). The van der Waals surface area contributed by atoms with Crippen LogP contribution in [0.15, 0.2) is 29.9 Å². The minimum absolute atomic E-state index is 0.216. The van der Waals surface area contributed by atoms with Crippen LogP contribution in [0.5, 0.6) is 17.2 Å². The average Bonchev–Trinajstić information content (AvgIpc) is 3.15. The van der Waals surface area contributed by atoms with Crippen molar-refractivity contribution in [2.45, 2.75) is 12.8 Å². The second-order valence-electron chi connectivity index (χ2n) is 6.02. The van der Waals surface area contributed by atoms with Crippen LogP contribution in [0, 0.1) is 5.41 Å². The summed E-state index contributed by atoms with van der Waals surface area (Å²) in [7, 11) is 7.16. The summed E-state index contributed by atoms with van der Waals surface area (Å²) in [4.78, 5) is 24.3. The summed E-state index contributed by atoms with van der Waals surface area (Å²) in [6, 6.07) is 3.61. The molecule has 27 heavy (non-hydrogen) atoms. The van der Waals surface area contributed by atoms with Crippen molar-refractivity contribution in [3.8, 4) is 17.2 Å². The van der Waals surface area contributed by atoms with Gasteiger partial charge < -0.3 is 23.7 Å². The van der Waals surface area contributed by atoms with Crippen molar-refractivity contribution in [3.63, 3.8) is 0 Å². The Morgan fingerprint density at radius 3 is 1.89 bits per heavy atom. The molecule has 0 heterocycles. The van der Waals surface area contributed by atoms with Gasteiger partial charge in [-0.05, 0) is 30.5 Å². The van der Waals surface area contributed by atoms with E-state index in [4.69, 9.17) is 23.7 Å². The molecule has 0 spiro atoms. The fraction of sp³-hybridized carbons (Fsp3) is 0.400. The number of ether oxygens (including phenoxy) is 5. The lowest BCUT2D eigenvalue weighted by atomic mass is 9.84. The molecule has 0 bridgehead atoms. The van der Waals surface area contributed by atoms with Crippen LogP contribution >= 0.6 is 0 Å². The summed E-state index contributed by atoms with van der Waals surface area (Å²) in [5, 5.41) is 0. The molecule has 0 atom stereocenters. The van der Waals surface area contributed by atoms with Gasteiger partial charge in [-0.3, -0.25) is 9.59 Å². The standard InChI is InChI=1S/C20H24O7/c1-23-15-10-14(11-16(24-2)17(15)25-3)7-6-13-8-9-20(12-13,18(21)26-4)19(22)27-5/h6-8,10-11H,9,12H2,1-5H3/b7-6+. The quantitative estimate of drug-likeness (QED) is 0.535. The van der Waals surface area contributed by atoms with Gasteiger partial charge in [-0.2, -0.15) is 0 Å². The summed E-state index contributed by atoms with van der Waals surface area (Å²) in [5.74, 6) is 0.391. The molecule has 1 aliphatic carbocycles. The van der Waals surface area contributed by atoms with Crippen LogP contribution in [0.4, 0.5) is 0 Å². The molecule has 0 unspecified atom stereocenters. The Morgan fingerprint density at radius 2 is 1.44 bits per heavy atom. The summed E-state index contributed by atoms with van der Waals surface area (Å²) < 4.78 is 25.6. The van der Waals surface area contributed by atoms with Crippen LogP contribution in [0.1, 0.15) is 18.4 Å². The normalized spacial score (nSPS) is 15.2. The van der Waals surface area contributed by atoms with E-state index in [0.717, 1.165) is 11.1 Å². The molecule has 0 amide bonds. The lowest BCUT2D eigenvalue weighted by Gasteiger charge is -2.22. The van der Waals surface area contributed by atoms with Crippen molar-refractivity contribution in [3.05, 3.63) is 35.4 Å². The third-order valence-electron chi connectivity index (χ3n) is 4.55. The molecule has 1 aliphatic rings. The maximum Gasteiger partial charge on any atom is 0.323 e. The smallest absolute Gasteiger partial charge is 0.323 e. The predicted molar refractivity (Wildman–Crippen MR) is 98.9 cm³/mol. The zero-order valence-corrected chi connectivity index (χ0v) is 16.2. The Kier molecular flexibility index (Phi) is 6.50. The zero-order valence-electron chi connectivity index (χ0n) is 16.2. The molecular weight excluding hydrogens is 352 g/mol. The first-order valence-corrected chi connectivity index (χ1v) is 8.29. The summed E-state index contributed by atoms with van der Waals surface area (Å²) in [5.41, 5.74) is 0.330. The van der Waals surface area contributed by atoms with E-state index >= 15 is 0 Å². The number of benzene rings is 1. The molecule has 0 saturated heterocycles. The first-order chi connectivity index (χ1) is 12.9. The van der Waals surface area contributed by atoms with Crippen LogP contribution in [0.2, 0.25) is 0 Å². The van der Waals surface area contributed by atoms with E-state index in [2.05, 4.69) is 0 Å². The second kappa shape index (κ2) is 8.62. The van der Waals surface area contributed by atoms with E-state index in [-0.39, 0.29) is 12.8 Å². The molecule has 7 heteroatoms. The molecule has 0 saturated carbocycles. The Balaban J connectivity index is 2.27. The van der Waals surface area contributed by atoms with Crippen molar-refractivity contribution < 1.29 is 33.3 Å². The fourth-order valence-electron chi connectivity index (χ4n) is 3.11. The molecule has 1 aromatic rings. The van der Waals surface area contributed by atoms with Crippen molar-refractivity contribution in [2.75, 3.05) is 35.5 Å². The van der Waals surface area contributed by atoms with E-state index in [1.54, 1.807) is 33.5 Å². The van der Waals surface area contributed by atoms with Crippen LogP contribution in [-0.2, 0) is 19.1 Å². The largest absolute Gasteiger partial charge is 0.493 e. The molecule has 0 fully saturated rings. The van der Waals surface area contributed by atoms with E-state index in [1.807, 2.05) is 18.2 Å². The van der Waals surface area contributed by atoms with Crippen LogP contribution in [0.25, 0.3) is 6.08 Å². The molecule has 0 aromatic heterocycles. The van der Waals surface area contributed by atoms with E-state index < -0.39 is 17.4 Å². The lowest BCUT2D eigenvalue weighted by Crippen LogP contribution is -2.39. The van der Waals surface area contributed by atoms with Gasteiger partial charge >= 0.3 is 11.9 Å². The number of hydrogen-bond acceptors (Lipinski definition) is 7. The van der Waals surface area contributed by atoms with Crippen molar-refractivity contribution in [1.29, 1.82) is 0 Å². The molecule has 0 N–H and O–H groups in total. The number of allylic oxidation sites excluding steroid dienone is 3. The lowest BCUT2D eigenvalue weighted by molar-refractivity contribution is -0.168. The predicted octanol–water partition coefficient (Wildman–Crippen LogP) is 2.78. The zero-order chi connectivity index (χ0) is 20.0. The first kappa shape index (κ1) is 20.4. The number of hydrogen-bond donors (Lipinski definition) is 0. The summed E-state index contributed by atoms with van der Waals surface area (Å²) >= 11 is 0.